The minimum Gasteiger partial charge on any atom is -0.483 e. The number of benzene rings is 1. The summed E-state index contributed by atoms with van der Waals surface area (Å²) in [6, 6.07) is 6.71. The SMILES string of the molecule is Cc1ccc(OCC(=O)N(C(C)C)C2CC2)c(C)c1. The number of carbonyl (C=O) groups excluding carboxylic acids is 1. The van der Waals surface area contributed by atoms with Crippen LogP contribution >= 0.6 is 0 Å². The topological polar surface area (TPSA) is 29.5 Å². The zero-order valence-corrected chi connectivity index (χ0v) is 12.3. The number of ether oxygens (including phenoxy) is 1. The van der Waals surface area contributed by atoms with Gasteiger partial charge in [0.2, 0.25) is 0 Å². The van der Waals surface area contributed by atoms with Gasteiger partial charge in [-0.2, -0.15) is 0 Å². The summed E-state index contributed by atoms with van der Waals surface area (Å²) in [5, 5.41) is 0. The molecule has 1 aliphatic carbocycles. The van der Waals surface area contributed by atoms with Crippen molar-refractivity contribution in [2.75, 3.05) is 6.61 Å². The fourth-order valence-electron chi connectivity index (χ4n) is 2.44. The Morgan fingerprint density at radius 3 is 2.58 bits per heavy atom. The molecule has 3 heteroatoms. The monoisotopic (exact) mass is 261 g/mol. The molecule has 2 rings (SSSR count). The van der Waals surface area contributed by atoms with Crippen molar-refractivity contribution in [1.29, 1.82) is 0 Å². The molecule has 1 aromatic carbocycles. The van der Waals surface area contributed by atoms with Crippen LogP contribution in [0, 0.1) is 13.8 Å². The molecular formula is C16H23NO2. The second kappa shape index (κ2) is 5.64. The Balaban J connectivity index is 1.95. The smallest absolute Gasteiger partial charge is 0.260 e. The highest BCUT2D eigenvalue weighted by atomic mass is 16.5. The van der Waals surface area contributed by atoms with Crippen molar-refractivity contribution in [2.24, 2.45) is 0 Å². The predicted octanol–water partition coefficient (Wildman–Crippen LogP) is 3.08. The average Bonchev–Trinajstić information content (AvgIpc) is 3.12. The lowest BCUT2D eigenvalue weighted by Gasteiger charge is -2.26. The quantitative estimate of drug-likeness (QED) is 0.815. The van der Waals surface area contributed by atoms with E-state index in [2.05, 4.69) is 26.8 Å². The van der Waals surface area contributed by atoms with Gasteiger partial charge in [-0.1, -0.05) is 17.7 Å². The maximum atomic E-state index is 12.2. The first-order valence-electron chi connectivity index (χ1n) is 7.00. The standard InChI is InChI=1S/C16H23NO2/c1-11(2)17(14-6-7-14)16(18)10-19-15-8-5-12(3)9-13(15)4/h5,8-9,11,14H,6-7,10H2,1-4H3. The van der Waals surface area contributed by atoms with Crippen LogP contribution in [0.4, 0.5) is 0 Å². The molecule has 0 spiro atoms. The molecule has 19 heavy (non-hydrogen) atoms. The zero-order valence-electron chi connectivity index (χ0n) is 12.3. The fraction of sp³-hybridized carbons (Fsp3) is 0.562. The third-order valence-electron chi connectivity index (χ3n) is 3.47. The van der Waals surface area contributed by atoms with Crippen molar-refractivity contribution in [2.45, 2.75) is 52.6 Å². The van der Waals surface area contributed by atoms with Gasteiger partial charge < -0.3 is 9.64 Å². The van der Waals surface area contributed by atoms with Gasteiger partial charge in [-0.25, -0.2) is 0 Å². The van der Waals surface area contributed by atoms with Gasteiger partial charge in [0.15, 0.2) is 6.61 Å². The van der Waals surface area contributed by atoms with Gasteiger partial charge >= 0.3 is 0 Å². The molecule has 0 aliphatic heterocycles. The van der Waals surface area contributed by atoms with E-state index in [-0.39, 0.29) is 18.6 Å². The number of hydrogen-bond acceptors (Lipinski definition) is 2. The van der Waals surface area contributed by atoms with E-state index in [0.29, 0.717) is 6.04 Å². The lowest BCUT2D eigenvalue weighted by Crippen LogP contribution is -2.41. The zero-order chi connectivity index (χ0) is 14.0. The van der Waals surface area contributed by atoms with E-state index in [1.807, 2.05) is 24.0 Å². The summed E-state index contributed by atoms with van der Waals surface area (Å²) in [5.74, 6) is 0.899. The van der Waals surface area contributed by atoms with Gasteiger partial charge in [0, 0.05) is 12.1 Å². The summed E-state index contributed by atoms with van der Waals surface area (Å²) in [5.41, 5.74) is 2.29. The summed E-state index contributed by atoms with van der Waals surface area (Å²) in [6.07, 6.45) is 2.26. The minimum absolute atomic E-state index is 0.0949. The van der Waals surface area contributed by atoms with E-state index in [4.69, 9.17) is 4.74 Å². The molecule has 0 N–H and O–H groups in total. The molecule has 0 aromatic heterocycles. The molecule has 0 radical (unpaired) electrons. The van der Waals surface area contributed by atoms with Crippen LogP contribution in [-0.4, -0.2) is 29.5 Å². The van der Waals surface area contributed by atoms with Crippen LogP contribution in [0.2, 0.25) is 0 Å². The van der Waals surface area contributed by atoms with Gasteiger partial charge in [0.05, 0.1) is 0 Å². The van der Waals surface area contributed by atoms with Crippen molar-refractivity contribution in [1.82, 2.24) is 4.90 Å². The Labute approximate surface area is 115 Å². The highest BCUT2D eigenvalue weighted by Crippen LogP contribution is 2.29. The number of nitrogens with zero attached hydrogens (tertiary/aromatic N) is 1. The molecular weight excluding hydrogens is 238 g/mol. The molecule has 1 aromatic rings. The van der Waals surface area contributed by atoms with E-state index in [0.717, 1.165) is 24.2 Å². The average molecular weight is 261 g/mol. The number of rotatable bonds is 5. The lowest BCUT2D eigenvalue weighted by molar-refractivity contribution is -0.135. The molecule has 0 saturated heterocycles. The molecule has 1 saturated carbocycles. The first-order chi connectivity index (χ1) is 8.99. The fourth-order valence-corrected chi connectivity index (χ4v) is 2.44. The van der Waals surface area contributed by atoms with Crippen LogP contribution in [0.15, 0.2) is 18.2 Å². The normalized spacial score (nSPS) is 14.6. The van der Waals surface area contributed by atoms with Crippen LogP contribution in [0.5, 0.6) is 5.75 Å². The molecule has 0 bridgehead atoms. The molecule has 1 aliphatic rings. The maximum absolute atomic E-state index is 12.2. The Morgan fingerprint density at radius 2 is 2.05 bits per heavy atom. The highest BCUT2D eigenvalue weighted by Gasteiger charge is 2.34. The minimum atomic E-state index is 0.0949. The van der Waals surface area contributed by atoms with E-state index < -0.39 is 0 Å². The summed E-state index contributed by atoms with van der Waals surface area (Å²) >= 11 is 0. The van der Waals surface area contributed by atoms with Crippen LogP contribution in [-0.2, 0) is 4.79 Å². The van der Waals surface area contributed by atoms with Gasteiger partial charge in [-0.15, -0.1) is 0 Å². The number of aryl methyl sites for hydroxylation is 2. The molecule has 1 fully saturated rings. The van der Waals surface area contributed by atoms with Gasteiger partial charge in [0.25, 0.3) is 5.91 Å². The molecule has 0 unspecified atom stereocenters. The van der Waals surface area contributed by atoms with Gasteiger partial charge in [-0.05, 0) is 52.2 Å². The highest BCUT2D eigenvalue weighted by molar-refractivity contribution is 5.78. The lowest BCUT2D eigenvalue weighted by atomic mass is 10.1. The Kier molecular flexibility index (Phi) is 4.13. The first-order valence-corrected chi connectivity index (χ1v) is 7.00. The Hall–Kier alpha value is -1.51. The Bertz CT molecular complexity index is 462. The van der Waals surface area contributed by atoms with Gasteiger partial charge in [0.1, 0.15) is 5.75 Å². The van der Waals surface area contributed by atoms with Crippen LogP contribution in [0.1, 0.15) is 37.8 Å². The van der Waals surface area contributed by atoms with Crippen LogP contribution in [0.3, 0.4) is 0 Å². The van der Waals surface area contributed by atoms with E-state index in [9.17, 15) is 4.79 Å². The maximum Gasteiger partial charge on any atom is 0.260 e. The van der Waals surface area contributed by atoms with Crippen molar-refractivity contribution >= 4 is 5.91 Å². The summed E-state index contributed by atoms with van der Waals surface area (Å²) in [7, 11) is 0. The van der Waals surface area contributed by atoms with Crippen molar-refractivity contribution in [3.8, 4) is 5.75 Å². The second-order valence-corrected chi connectivity index (χ2v) is 5.68. The van der Waals surface area contributed by atoms with Crippen molar-refractivity contribution in [3.63, 3.8) is 0 Å². The number of amides is 1. The Morgan fingerprint density at radius 1 is 1.37 bits per heavy atom. The van der Waals surface area contributed by atoms with Gasteiger partial charge in [-0.3, -0.25) is 4.79 Å². The summed E-state index contributed by atoms with van der Waals surface area (Å²) in [6.45, 7) is 8.32. The summed E-state index contributed by atoms with van der Waals surface area (Å²) < 4.78 is 5.67. The molecule has 0 atom stereocenters. The van der Waals surface area contributed by atoms with E-state index >= 15 is 0 Å². The second-order valence-electron chi connectivity index (χ2n) is 5.68. The van der Waals surface area contributed by atoms with Crippen LogP contribution in [0.25, 0.3) is 0 Å². The van der Waals surface area contributed by atoms with Crippen molar-refractivity contribution in [3.05, 3.63) is 29.3 Å². The largest absolute Gasteiger partial charge is 0.483 e. The number of hydrogen-bond donors (Lipinski definition) is 0. The first kappa shape index (κ1) is 13.9. The molecule has 1 amide bonds. The number of carbonyl (C=O) groups is 1. The van der Waals surface area contributed by atoms with Crippen molar-refractivity contribution < 1.29 is 9.53 Å². The van der Waals surface area contributed by atoms with Crippen LogP contribution < -0.4 is 4.74 Å². The third-order valence-corrected chi connectivity index (χ3v) is 3.47. The van der Waals surface area contributed by atoms with E-state index in [1.54, 1.807) is 0 Å². The summed E-state index contributed by atoms with van der Waals surface area (Å²) in [4.78, 5) is 14.2. The molecule has 0 heterocycles. The molecule has 3 nitrogen and oxygen atoms in total. The van der Waals surface area contributed by atoms with E-state index in [1.165, 1.54) is 5.56 Å². The molecule has 104 valence electrons. The predicted molar refractivity (Wildman–Crippen MR) is 76.4 cm³/mol. The third kappa shape index (κ3) is 3.49.